The molecule has 2 heterocycles. The van der Waals surface area contributed by atoms with Gasteiger partial charge in [0.2, 0.25) is 0 Å². The molecule has 2 aliphatic rings. The van der Waals surface area contributed by atoms with Crippen molar-refractivity contribution in [2.75, 3.05) is 20.8 Å². The van der Waals surface area contributed by atoms with Crippen LogP contribution in [0.5, 0.6) is 17.2 Å². The maximum absolute atomic E-state index is 11.2. The number of hydrogen-bond donors (Lipinski definition) is 2. The summed E-state index contributed by atoms with van der Waals surface area (Å²) < 4.78 is 11.0. The summed E-state index contributed by atoms with van der Waals surface area (Å²) in [6.07, 6.45) is 1.61. The third kappa shape index (κ3) is 2.32. The molecule has 27 heavy (non-hydrogen) atoms. The first kappa shape index (κ1) is 16.7. The first-order valence-corrected chi connectivity index (χ1v) is 9.37. The highest BCUT2D eigenvalue weighted by Crippen LogP contribution is 2.47. The summed E-state index contributed by atoms with van der Waals surface area (Å²) in [6, 6.07) is 9.54. The van der Waals surface area contributed by atoms with Crippen molar-refractivity contribution in [3.05, 3.63) is 41.5 Å². The third-order valence-corrected chi connectivity index (χ3v) is 6.19. The standard InChI is InChI=1S/C22H23NO4/c1-26-19-9-15-14-8-12(24)5-6-13(14)21-17(16(15)10-20(19)27-2)11-23-7-3-4-18(23)22(21)25/h5-6,8-10,18,22,24-25H,3-4,7,11H2,1-2H3/t18-,22+/m1/s1. The molecule has 1 saturated heterocycles. The number of nitrogens with zero attached hydrogens (tertiary/aromatic N) is 1. The van der Waals surface area contributed by atoms with E-state index in [0.717, 1.165) is 58.6 Å². The quantitative estimate of drug-likeness (QED) is 0.678. The van der Waals surface area contributed by atoms with Gasteiger partial charge in [0.1, 0.15) is 5.75 Å². The molecule has 2 N–H and O–H groups in total. The number of ether oxygens (including phenoxy) is 2. The fourth-order valence-corrected chi connectivity index (χ4v) is 4.96. The van der Waals surface area contributed by atoms with Gasteiger partial charge in [-0.15, -0.1) is 0 Å². The highest BCUT2D eigenvalue weighted by atomic mass is 16.5. The SMILES string of the molecule is COc1cc2c3c(c4ccc(O)cc4c2cc1OC)[C@@H](O)[C@H]1CCCN1C3. The van der Waals surface area contributed by atoms with E-state index < -0.39 is 6.10 Å². The minimum atomic E-state index is -0.527. The van der Waals surface area contributed by atoms with E-state index in [1.807, 2.05) is 18.2 Å². The molecule has 0 aromatic heterocycles. The molecule has 1 fully saturated rings. The van der Waals surface area contributed by atoms with Crippen LogP contribution in [0.1, 0.15) is 30.1 Å². The Kier molecular flexibility index (Phi) is 3.71. The lowest BCUT2D eigenvalue weighted by Crippen LogP contribution is -2.39. The maximum atomic E-state index is 11.2. The Hall–Kier alpha value is -2.50. The van der Waals surface area contributed by atoms with E-state index in [-0.39, 0.29) is 11.8 Å². The van der Waals surface area contributed by atoms with Crippen LogP contribution in [0.3, 0.4) is 0 Å². The first-order valence-electron chi connectivity index (χ1n) is 9.37. The maximum Gasteiger partial charge on any atom is 0.161 e. The number of aliphatic hydroxyl groups excluding tert-OH is 1. The molecule has 2 aliphatic heterocycles. The number of aromatic hydroxyl groups is 1. The lowest BCUT2D eigenvalue weighted by molar-refractivity contribution is 0.0552. The van der Waals surface area contributed by atoms with E-state index in [0.29, 0.717) is 11.5 Å². The number of benzene rings is 3. The van der Waals surface area contributed by atoms with Crippen molar-refractivity contribution >= 4 is 21.5 Å². The smallest absolute Gasteiger partial charge is 0.161 e. The molecule has 0 saturated carbocycles. The number of phenols is 1. The Morgan fingerprint density at radius 3 is 2.41 bits per heavy atom. The molecular formula is C22H23NO4. The van der Waals surface area contributed by atoms with Crippen molar-refractivity contribution in [3.63, 3.8) is 0 Å². The van der Waals surface area contributed by atoms with E-state index >= 15 is 0 Å². The Morgan fingerprint density at radius 2 is 1.67 bits per heavy atom. The van der Waals surface area contributed by atoms with Crippen molar-refractivity contribution in [2.45, 2.75) is 31.5 Å². The van der Waals surface area contributed by atoms with Gasteiger partial charge in [0.25, 0.3) is 0 Å². The van der Waals surface area contributed by atoms with Crippen LogP contribution < -0.4 is 9.47 Å². The lowest BCUT2D eigenvalue weighted by atomic mass is 9.83. The average Bonchev–Trinajstić information content (AvgIpc) is 3.16. The molecular weight excluding hydrogens is 342 g/mol. The van der Waals surface area contributed by atoms with Gasteiger partial charge in [-0.1, -0.05) is 6.07 Å². The normalized spacial score (nSPS) is 22.0. The molecule has 0 spiro atoms. The van der Waals surface area contributed by atoms with Crippen molar-refractivity contribution in [1.29, 1.82) is 0 Å². The molecule has 2 atom stereocenters. The molecule has 0 amide bonds. The van der Waals surface area contributed by atoms with Crippen LogP contribution >= 0.6 is 0 Å². The predicted octanol–water partition coefficient (Wildman–Crippen LogP) is 3.73. The van der Waals surface area contributed by atoms with Crippen LogP contribution in [0.25, 0.3) is 21.5 Å². The number of methoxy groups -OCH3 is 2. The van der Waals surface area contributed by atoms with Gasteiger partial charge in [0, 0.05) is 12.6 Å². The average molecular weight is 365 g/mol. The van der Waals surface area contributed by atoms with Gasteiger partial charge in [-0.3, -0.25) is 4.90 Å². The van der Waals surface area contributed by atoms with Crippen molar-refractivity contribution in [2.24, 2.45) is 0 Å². The summed E-state index contributed by atoms with van der Waals surface area (Å²) in [5.41, 5.74) is 2.14. The highest BCUT2D eigenvalue weighted by Gasteiger charge is 2.38. The second kappa shape index (κ2) is 6.01. The molecule has 5 heteroatoms. The van der Waals surface area contributed by atoms with Crippen LogP contribution in [0.4, 0.5) is 0 Å². The van der Waals surface area contributed by atoms with Gasteiger partial charge in [0.15, 0.2) is 11.5 Å². The van der Waals surface area contributed by atoms with Crippen LogP contribution in [0, 0.1) is 0 Å². The van der Waals surface area contributed by atoms with Crippen LogP contribution in [-0.2, 0) is 6.54 Å². The van der Waals surface area contributed by atoms with Crippen LogP contribution in [0.2, 0.25) is 0 Å². The molecule has 5 rings (SSSR count). The van der Waals surface area contributed by atoms with E-state index in [9.17, 15) is 10.2 Å². The van der Waals surface area contributed by atoms with E-state index in [1.54, 1.807) is 26.4 Å². The van der Waals surface area contributed by atoms with Crippen LogP contribution in [0.15, 0.2) is 30.3 Å². The zero-order valence-corrected chi connectivity index (χ0v) is 15.5. The number of rotatable bonds is 2. The van der Waals surface area contributed by atoms with Crippen molar-refractivity contribution in [3.8, 4) is 17.2 Å². The molecule has 0 aliphatic carbocycles. The largest absolute Gasteiger partial charge is 0.508 e. The van der Waals surface area contributed by atoms with Gasteiger partial charge in [-0.05, 0) is 76.3 Å². The Balaban J connectivity index is 1.93. The number of phenolic OH excluding ortho intramolecular Hbond substituents is 1. The number of fused-ring (bicyclic) bond motifs is 7. The number of hydrogen-bond acceptors (Lipinski definition) is 5. The molecule has 0 unspecified atom stereocenters. The minimum Gasteiger partial charge on any atom is -0.508 e. The van der Waals surface area contributed by atoms with Gasteiger partial charge >= 0.3 is 0 Å². The summed E-state index contributed by atoms with van der Waals surface area (Å²) in [4.78, 5) is 2.38. The molecule has 3 aromatic rings. The summed E-state index contributed by atoms with van der Waals surface area (Å²) >= 11 is 0. The lowest BCUT2D eigenvalue weighted by Gasteiger charge is -2.37. The van der Waals surface area contributed by atoms with Crippen molar-refractivity contribution in [1.82, 2.24) is 4.90 Å². The van der Waals surface area contributed by atoms with Crippen LogP contribution in [-0.4, -0.2) is 41.9 Å². The van der Waals surface area contributed by atoms with Gasteiger partial charge < -0.3 is 19.7 Å². The summed E-state index contributed by atoms with van der Waals surface area (Å²) in [5.74, 6) is 1.54. The Morgan fingerprint density at radius 1 is 0.963 bits per heavy atom. The van der Waals surface area contributed by atoms with Gasteiger partial charge in [0.05, 0.1) is 20.3 Å². The third-order valence-electron chi connectivity index (χ3n) is 6.19. The summed E-state index contributed by atoms with van der Waals surface area (Å²) in [5, 5.41) is 25.3. The van der Waals surface area contributed by atoms with E-state index in [2.05, 4.69) is 4.90 Å². The summed E-state index contributed by atoms with van der Waals surface area (Å²) in [6.45, 7) is 1.84. The van der Waals surface area contributed by atoms with Gasteiger partial charge in [-0.25, -0.2) is 0 Å². The first-order chi connectivity index (χ1) is 13.1. The monoisotopic (exact) mass is 365 g/mol. The van der Waals surface area contributed by atoms with Crippen molar-refractivity contribution < 1.29 is 19.7 Å². The Bertz CT molecular complexity index is 1060. The molecule has 5 nitrogen and oxygen atoms in total. The van der Waals surface area contributed by atoms with E-state index in [4.69, 9.17) is 9.47 Å². The number of aliphatic hydroxyl groups is 1. The zero-order valence-electron chi connectivity index (χ0n) is 15.5. The minimum absolute atomic E-state index is 0.173. The zero-order chi connectivity index (χ0) is 18.7. The predicted molar refractivity (Wildman–Crippen MR) is 105 cm³/mol. The Labute approximate surface area is 157 Å². The molecule has 140 valence electrons. The fraction of sp³-hybridized carbons (Fsp3) is 0.364. The molecule has 0 radical (unpaired) electrons. The second-order valence-electron chi connectivity index (χ2n) is 7.50. The topological polar surface area (TPSA) is 62.2 Å². The fourth-order valence-electron chi connectivity index (χ4n) is 4.96. The van der Waals surface area contributed by atoms with Gasteiger partial charge in [-0.2, -0.15) is 0 Å². The molecule has 0 bridgehead atoms. The molecule has 3 aromatic carbocycles. The van der Waals surface area contributed by atoms with E-state index in [1.165, 1.54) is 0 Å². The second-order valence-corrected chi connectivity index (χ2v) is 7.50. The highest BCUT2D eigenvalue weighted by molar-refractivity contribution is 6.12. The summed E-state index contributed by atoms with van der Waals surface area (Å²) in [7, 11) is 3.26.